The van der Waals surface area contributed by atoms with Crippen molar-refractivity contribution in [2.24, 2.45) is 5.73 Å². The van der Waals surface area contributed by atoms with Crippen LogP contribution in [0.1, 0.15) is 37.8 Å². The summed E-state index contributed by atoms with van der Waals surface area (Å²) in [6.45, 7) is 0. The van der Waals surface area contributed by atoms with Crippen LogP contribution in [0.2, 0.25) is 5.02 Å². The van der Waals surface area contributed by atoms with Crippen LogP contribution in [0.25, 0.3) is 21.7 Å². The highest BCUT2D eigenvalue weighted by Gasteiger charge is 2.31. The van der Waals surface area contributed by atoms with Crippen molar-refractivity contribution in [2.75, 3.05) is 5.73 Å². The van der Waals surface area contributed by atoms with Gasteiger partial charge in [-0.15, -0.1) is 0 Å². The van der Waals surface area contributed by atoms with Crippen LogP contribution in [-0.2, 0) is 5.54 Å². The molecular weight excluding hydrogens is 364 g/mol. The predicted octanol–water partition coefficient (Wildman–Crippen LogP) is 5.23. The lowest BCUT2D eigenvalue weighted by Gasteiger charge is -2.33. The van der Waals surface area contributed by atoms with E-state index in [4.69, 9.17) is 23.1 Å². The monoisotopic (exact) mass is 384 g/mol. The van der Waals surface area contributed by atoms with Gasteiger partial charge in [0, 0.05) is 16.8 Å². The Morgan fingerprint density at radius 2 is 1.85 bits per heavy atom. The zero-order valence-corrected chi connectivity index (χ0v) is 16.0. The highest BCUT2D eigenvalue weighted by molar-refractivity contribution is 7.19. The van der Waals surface area contributed by atoms with Crippen LogP contribution in [0, 0.1) is 0 Å². The Kier molecular flexibility index (Phi) is 4.69. The minimum atomic E-state index is -0.333. The number of benzene rings is 1. The smallest absolute Gasteiger partial charge is 0.181 e. The molecule has 2 heterocycles. The molecule has 3 aromatic rings. The molecule has 1 aromatic carbocycles. The van der Waals surface area contributed by atoms with Gasteiger partial charge in [0.15, 0.2) is 5.13 Å². The number of pyridine rings is 1. The van der Waals surface area contributed by atoms with Crippen molar-refractivity contribution in [1.82, 2.24) is 9.97 Å². The molecule has 26 heavy (non-hydrogen) atoms. The first-order valence-corrected chi connectivity index (χ1v) is 10.0. The Hall–Kier alpha value is -1.95. The van der Waals surface area contributed by atoms with E-state index in [0.29, 0.717) is 10.2 Å². The topological polar surface area (TPSA) is 77.8 Å². The SMILES string of the molecule is Nc1nc(-c2cccc(Cl)c2)c(-c2ccnc(C3(N)CCCCC3)c2)s1. The van der Waals surface area contributed by atoms with E-state index in [1.54, 1.807) is 0 Å². The van der Waals surface area contributed by atoms with Crippen molar-refractivity contribution >= 4 is 28.1 Å². The number of anilines is 1. The molecule has 0 spiro atoms. The predicted molar refractivity (Wildman–Crippen MR) is 109 cm³/mol. The molecule has 0 unspecified atom stereocenters. The molecule has 0 saturated heterocycles. The number of hydrogen-bond acceptors (Lipinski definition) is 5. The summed E-state index contributed by atoms with van der Waals surface area (Å²) in [6, 6.07) is 11.8. The second kappa shape index (κ2) is 6.99. The molecule has 6 heteroatoms. The lowest BCUT2D eigenvalue weighted by molar-refractivity contribution is 0.295. The first-order chi connectivity index (χ1) is 12.5. The van der Waals surface area contributed by atoms with Crippen LogP contribution in [0.15, 0.2) is 42.6 Å². The maximum atomic E-state index is 6.68. The van der Waals surface area contributed by atoms with Gasteiger partial charge in [-0.3, -0.25) is 4.98 Å². The molecule has 0 atom stereocenters. The van der Waals surface area contributed by atoms with Crippen LogP contribution in [0.3, 0.4) is 0 Å². The van der Waals surface area contributed by atoms with Crippen LogP contribution in [0.5, 0.6) is 0 Å². The number of rotatable bonds is 3. The molecular formula is C20H21ClN4S. The van der Waals surface area contributed by atoms with Crippen LogP contribution in [0.4, 0.5) is 5.13 Å². The minimum Gasteiger partial charge on any atom is -0.375 e. The standard InChI is InChI=1S/C20H21ClN4S/c21-15-6-4-5-13(11-15)17-18(26-19(22)25-17)14-7-10-24-16(12-14)20(23)8-2-1-3-9-20/h4-7,10-12H,1-3,8-9,23H2,(H2,22,25). The molecule has 0 amide bonds. The summed E-state index contributed by atoms with van der Waals surface area (Å²) in [5.41, 5.74) is 16.2. The Bertz CT molecular complexity index is 931. The zero-order valence-electron chi connectivity index (χ0n) is 14.4. The molecule has 1 fully saturated rings. The Morgan fingerprint density at radius 1 is 1.04 bits per heavy atom. The van der Waals surface area contributed by atoms with Gasteiger partial charge < -0.3 is 11.5 Å². The lowest BCUT2D eigenvalue weighted by atomic mass is 9.79. The van der Waals surface area contributed by atoms with E-state index in [-0.39, 0.29) is 5.54 Å². The second-order valence-electron chi connectivity index (χ2n) is 6.89. The second-order valence-corrected chi connectivity index (χ2v) is 8.35. The third-order valence-corrected chi connectivity index (χ3v) is 6.19. The summed E-state index contributed by atoms with van der Waals surface area (Å²) in [5.74, 6) is 0. The maximum absolute atomic E-state index is 6.68. The average Bonchev–Trinajstić information content (AvgIpc) is 3.04. The van der Waals surface area contributed by atoms with E-state index in [2.05, 4.69) is 16.0 Å². The van der Waals surface area contributed by atoms with Gasteiger partial charge in [-0.05, 0) is 42.7 Å². The summed E-state index contributed by atoms with van der Waals surface area (Å²) in [4.78, 5) is 10.2. The van der Waals surface area contributed by atoms with E-state index in [0.717, 1.165) is 53.1 Å². The molecule has 134 valence electrons. The fourth-order valence-corrected chi connectivity index (χ4v) is 4.69. The summed E-state index contributed by atoms with van der Waals surface area (Å²) < 4.78 is 0. The van der Waals surface area contributed by atoms with Gasteiger partial charge in [-0.1, -0.05) is 54.3 Å². The largest absolute Gasteiger partial charge is 0.375 e. The van der Waals surface area contributed by atoms with Crippen molar-refractivity contribution in [3.63, 3.8) is 0 Å². The summed E-state index contributed by atoms with van der Waals surface area (Å²) >= 11 is 7.64. The van der Waals surface area contributed by atoms with Crippen molar-refractivity contribution < 1.29 is 0 Å². The van der Waals surface area contributed by atoms with E-state index < -0.39 is 0 Å². The van der Waals surface area contributed by atoms with Gasteiger partial charge >= 0.3 is 0 Å². The Labute approximate surface area is 162 Å². The van der Waals surface area contributed by atoms with E-state index in [1.165, 1.54) is 17.8 Å². The molecule has 0 bridgehead atoms. The molecule has 2 aromatic heterocycles. The Morgan fingerprint density at radius 3 is 2.62 bits per heavy atom. The third kappa shape index (κ3) is 3.34. The summed E-state index contributed by atoms with van der Waals surface area (Å²) in [5, 5.41) is 1.21. The number of hydrogen-bond donors (Lipinski definition) is 2. The summed E-state index contributed by atoms with van der Waals surface area (Å²) in [7, 11) is 0. The number of thiazole rings is 1. The van der Waals surface area contributed by atoms with Gasteiger partial charge in [-0.25, -0.2) is 4.98 Å². The highest BCUT2D eigenvalue weighted by atomic mass is 35.5. The molecule has 4 nitrogen and oxygen atoms in total. The first-order valence-electron chi connectivity index (χ1n) is 8.83. The maximum Gasteiger partial charge on any atom is 0.181 e. The molecule has 1 saturated carbocycles. The van der Waals surface area contributed by atoms with E-state index >= 15 is 0 Å². The van der Waals surface area contributed by atoms with Gasteiger partial charge in [0.05, 0.1) is 21.8 Å². The normalized spacial score (nSPS) is 16.5. The third-order valence-electron chi connectivity index (χ3n) is 5.02. The van der Waals surface area contributed by atoms with E-state index in [1.807, 2.05) is 36.5 Å². The van der Waals surface area contributed by atoms with Gasteiger partial charge in [-0.2, -0.15) is 0 Å². The quantitative estimate of drug-likeness (QED) is 0.648. The van der Waals surface area contributed by atoms with Crippen molar-refractivity contribution in [3.05, 3.63) is 53.3 Å². The highest BCUT2D eigenvalue weighted by Crippen LogP contribution is 2.40. The van der Waals surface area contributed by atoms with Gasteiger partial charge in [0.25, 0.3) is 0 Å². The van der Waals surface area contributed by atoms with Gasteiger partial charge in [0.1, 0.15) is 0 Å². The molecule has 1 aliphatic rings. The fourth-order valence-electron chi connectivity index (χ4n) is 3.65. The van der Waals surface area contributed by atoms with Crippen molar-refractivity contribution in [1.29, 1.82) is 0 Å². The number of nitrogens with two attached hydrogens (primary N) is 2. The molecule has 0 radical (unpaired) electrons. The number of aromatic nitrogens is 2. The molecule has 0 aliphatic heterocycles. The average molecular weight is 385 g/mol. The lowest BCUT2D eigenvalue weighted by Crippen LogP contribution is -2.39. The number of nitrogens with zero attached hydrogens (tertiary/aromatic N) is 2. The minimum absolute atomic E-state index is 0.333. The molecule has 4 N–H and O–H groups in total. The summed E-state index contributed by atoms with van der Waals surface area (Å²) in [6.07, 6.45) is 7.37. The zero-order chi connectivity index (χ0) is 18.1. The number of halogens is 1. The molecule has 4 rings (SSSR count). The van der Waals surface area contributed by atoms with Crippen LogP contribution < -0.4 is 11.5 Å². The first kappa shape index (κ1) is 17.5. The van der Waals surface area contributed by atoms with Crippen LogP contribution in [-0.4, -0.2) is 9.97 Å². The fraction of sp³-hybridized carbons (Fsp3) is 0.300. The van der Waals surface area contributed by atoms with Gasteiger partial charge in [0.2, 0.25) is 0 Å². The van der Waals surface area contributed by atoms with Crippen LogP contribution >= 0.6 is 22.9 Å². The van der Waals surface area contributed by atoms with Crippen molar-refractivity contribution in [3.8, 4) is 21.7 Å². The Balaban J connectivity index is 1.78. The number of nitrogen functional groups attached to an aromatic ring is 1. The molecule has 1 aliphatic carbocycles. The van der Waals surface area contributed by atoms with Crippen molar-refractivity contribution in [2.45, 2.75) is 37.6 Å². The van der Waals surface area contributed by atoms with E-state index in [9.17, 15) is 0 Å².